The minimum absolute atomic E-state index is 0.140. The Balaban J connectivity index is 1.98. The molecule has 1 heterocycles. The Bertz CT molecular complexity index is 672. The molecule has 3 N–H and O–H groups in total. The Hall–Kier alpha value is -1.80. The highest BCUT2D eigenvalue weighted by atomic mass is 32.2. The lowest BCUT2D eigenvalue weighted by atomic mass is 10.3. The molecule has 0 bridgehead atoms. The first kappa shape index (κ1) is 15.6. The van der Waals surface area contributed by atoms with E-state index in [2.05, 4.69) is 15.0 Å². The number of thiazole rings is 1. The van der Waals surface area contributed by atoms with Crippen molar-refractivity contribution < 1.29 is 14.3 Å². The van der Waals surface area contributed by atoms with Crippen molar-refractivity contribution in [1.29, 1.82) is 0 Å². The van der Waals surface area contributed by atoms with E-state index in [1.165, 1.54) is 30.2 Å². The van der Waals surface area contributed by atoms with Crippen LogP contribution in [-0.2, 0) is 14.3 Å². The van der Waals surface area contributed by atoms with Gasteiger partial charge in [0.1, 0.15) is 0 Å². The summed E-state index contributed by atoms with van der Waals surface area (Å²) in [7, 11) is 1.32. The molecule has 0 aliphatic carbocycles. The second-order valence-electron chi connectivity index (χ2n) is 4.26. The van der Waals surface area contributed by atoms with Gasteiger partial charge in [-0.3, -0.25) is 9.59 Å². The van der Waals surface area contributed by atoms with Crippen LogP contribution in [0.5, 0.6) is 0 Å². The highest BCUT2D eigenvalue weighted by molar-refractivity contribution is 8.01. The molecule has 2 aromatic rings. The molecule has 0 saturated heterocycles. The molecule has 6 nitrogen and oxygen atoms in total. The Morgan fingerprint density at radius 1 is 1.52 bits per heavy atom. The molecule has 1 aromatic heterocycles. The van der Waals surface area contributed by atoms with Crippen LogP contribution in [-0.4, -0.2) is 35.0 Å². The van der Waals surface area contributed by atoms with Crippen molar-refractivity contribution in [3.05, 3.63) is 18.2 Å². The average Bonchev–Trinajstić information content (AvgIpc) is 2.85. The normalized spacial score (nSPS) is 12.1. The van der Waals surface area contributed by atoms with E-state index in [4.69, 9.17) is 5.73 Å². The fraction of sp³-hybridized carbons (Fsp3) is 0.308. The van der Waals surface area contributed by atoms with Gasteiger partial charge >= 0.3 is 5.97 Å². The van der Waals surface area contributed by atoms with Gasteiger partial charge in [-0.1, -0.05) is 11.3 Å². The zero-order valence-electron chi connectivity index (χ0n) is 11.6. The van der Waals surface area contributed by atoms with Crippen LogP contribution in [0.15, 0.2) is 18.2 Å². The number of hydrogen-bond acceptors (Lipinski definition) is 7. The number of amides is 1. The number of methoxy groups -OCH3 is 1. The highest BCUT2D eigenvalue weighted by Crippen LogP contribution is 2.28. The molecule has 2 rings (SSSR count). The van der Waals surface area contributed by atoms with E-state index in [1.54, 1.807) is 13.0 Å². The zero-order chi connectivity index (χ0) is 15.4. The zero-order valence-corrected chi connectivity index (χ0v) is 13.2. The van der Waals surface area contributed by atoms with E-state index in [1.807, 2.05) is 12.1 Å². The lowest BCUT2D eigenvalue weighted by Gasteiger charge is -2.09. The number of nitrogens with two attached hydrogens (primary N) is 1. The quantitative estimate of drug-likeness (QED) is 0.646. The van der Waals surface area contributed by atoms with Gasteiger partial charge in [-0.05, 0) is 25.1 Å². The Morgan fingerprint density at radius 2 is 2.29 bits per heavy atom. The molecule has 1 atom stereocenters. The average molecular weight is 325 g/mol. The Labute approximate surface area is 130 Å². The smallest absolute Gasteiger partial charge is 0.315 e. The number of nitrogen functional groups attached to an aromatic ring is 1. The summed E-state index contributed by atoms with van der Waals surface area (Å²) in [6.45, 7) is 1.73. The monoisotopic (exact) mass is 325 g/mol. The summed E-state index contributed by atoms with van der Waals surface area (Å²) in [4.78, 5) is 27.4. The van der Waals surface area contributed by atoms with Crippen LogP contribution in [0.4, 0.5) is 10.8 Å². The third-order valence-electron chi connectivity index (χ3n) is 2.69. The van der Waals surface area contributed by atoms with Gasteiger partial charge < -0.3 is 15.8 Å². The molecule has 0 saturated carbocycles. The number of benzene rings is 1. The van der Waals surface area contributed by atoms with E-state index in [-0.39, 0.29) is 22.9 Å². The van der Waals surface area contributed by atoms with Crippen LogP contribution in [0.2, 0.25) is 0 Å². The number of hydrogen-bond donors (Lipinski definition) is 2. The number of anilines is 2. The van der Waals surface area contributed by atoms with E-state index in [0.717, 1.165) is 10.2 Å². The number of esters is 1. The molecule has 0 aliphatic heterocycles. The number of thioether (sulfide) groups is 1. The highest BCUT2D eigenvalue weighted by Gasteiger charge is 2.17. The Kier molecular flexibility index (Phi) is 5.03. The number of carbonyl (C=O) groups is 2. The first-order valence-electron chi connectivity index (χ1n) is 6.15. The number of rotatable bonds is 5. The van der Waals surface area contributed by atoms with Crippen LogP contribution >= 0.6 is 23.1 Å². The van der Waals surface area contributed by atoms with Crippen LogP contribution in [0.3, 0.4) is 0 Å². The van der Waals surface area contributed by atoms with Gasteiger partial charge in [0, 0.05) is 5.69 Å². The molecular formula is C13H15N3O3S2. The Morgan fingerprint density at radius 3 is 3.00 bits per heavy atom. The summed E-state index contributed by atoms with van der Waals surface area (Å²) in [6.07, 6.45) is 0. The lowest BCUT2D eigenvalue weighted by Crippen LogP contribution is -2.23. The standard InChI is InChI=1S/C13H15N3O3S2/c1-7(20-6-11(17)19-2)12(18)16-13-15-9-4-3-8(14)5-10(9)21-13/h3-5,7H,6,14H2,1-2H3,(H,15,16,18). The van der Waals surface area contributed by atoms with Crippen LogP contribution in [0.25, 0.3) is 10.2 Å². The number of nitrogens with one attached hydrogen (secondary N) is 1. The third-order valence-corrected chi connectivity index (χ3v) is 4.74. The number of aromatic nitrogens is 1. The molecule has 1 aromatic carbocycles. The van der Waals surface area contributed by atoms with Crippen LogP contribution < -0.4 is 11.1 Å². The van der Waals surface area contributed by atoms with Crippen molar-refractivity contribution in [3.8, 4) is 0 Å². The van der Waals surface area contributed by atoms with Crippen molar-refractivity contribution >= 4 is 56.0 Å². The fourth-order valence-electron chi connectivity index (χ4n) is 1.53. The maximum atomic E-state index is 12.0. The topological polar surface area (TPSA) is 94.3 Å². The molecule has 8 heteroatoms. The van der Waals surface area contributed by atoms with E-state index < -0.39 is 0 Å². The summed E-state index contributed by atoms with van der Waals surface area (Å²) < 4.78 is 5.45. The van der Waals surface area contributed by atoms with Gasteiger partial charge in [-0.2, -0.15) is 0 Å². The predicted molar refractivity (Wildman–Crippen MR) is 86.6 cm³/mol. The number of carbonyl (C=O) groups excluding carboxylic acids is 2. The van der Waals surface area contributed by atoms with Gasteiger partial charge in [-0.15, -0.1) is 11.8 Å². The minimum Gasteiger partial charge on any atom is -0.468 e. The number of nitrogens with zero attached hydrogens (tertiary/aromatic N) is 1. The summed E-state index contributed by atoms with van der Waals surface area (Å²) in [5.41, 5.74) is 7.16. The molecule has 0 fully saturated rings. The van der Waals surface area contributed by atoms with Crippen molar-refractivity contribution in [2.45, 2.75) is 12.2 Å². The van der Waals surface area contributed by atoms with Crippen molar-refractivity contribution in [2.75, 3.05) is 23.9 Å². The summed E-state index contributed by atoms with van der Waals surface area (Å²) >= 11 is 2.58. The van der Waals surface area contributed by atoms with Crippen molar-refractivity contribution in [3.63, 3.8) is 0 Å². The molecule has 1 unspecified atom stereocenters. The largest absolute Gasteiger partial charge is 0.468 e. The minimum atomic E-state index is -0.374. The van der Waals surface area contributed by atoms with Gasteiger partial charge in [0.2, 0.25) is 5.91 Å². The number of fused-ring (bicyclic) bond motifs is 1. The van der Waals surface area contributed by atoms with Crippen LogP contribution in [0.1, 0.15) is 6.92 Å². The molecule has 0 spiro atoms. The molecule has 112 valence electrons. The van der Waals surface area contributed by atoms with E-state index in [9.17, 15) is 9.59 Å². The van der Waals surface area contributed by atoms with Crippen molar-refractivity contribution in [2.24, 2.45) is 0 Å². The van der Waals surface area contributed by atoms with Crippen LogP contribution in [0, 0.1) is 0 Å². The maximum Gasteiger partial charge on any atom is 0.315 e. The predicted octanol–water partition coefficient (Wildman–Crippen LogP) is 2.11. The molecule has 1 amide bonds. The molecule has 0 radical (unpaired) electrons. The summed E-state index contributed by atoms with van der Waals surface area (Å²) in [5, 5.41) is 2.89. The number of ether oxygens (including phenoxy) is 1. The first-order valence-corrected chi connectivity index (χ1v) is 8.01. The second kappa shape index (κ2) is 6.77. The van der Waals surface area contributed by atoms with E-state index >= 15 is 0 Å². The summed E-state index contributed by atoms with van der Waals surface area (Å²) in [6, 6.07) is 5.40. The molecule has 0 aliphatic rings. The van der Waals surface area contributed by atoms with Gasteiger partial charge in [0.25, 0.3) is 0 Å². The third kappa shape index (κ3) is 4.08. The summed E-state index contributed by atoms with van der Waals surface area (Å²) in [5.74, 6) is -0.410. The van der Waals surface area contributed by atoms with Gasteiger partial charge in [0.15, 0.2) is 5.13 Å². The van der Waals surface area contributed by atoms with Crippen molar-refractivity contribution in [1.82, 2.24) is 4.98 Å². The lowest BCUT2D eigenvalue weighted by molar-refractivity contribution is -0.137. The van der Waals surface area contributed by atoms with Gasteiger partial charge in [0.05, 0.1) is 28.3 Å². The van der Waals surface area contributed by atoms with E-state index in [0.29, 0.717) is 10.8 Å². The fourth-order valence-corrected chi connectivity index (χ4v) is 3.16. The SMILES string of the molecule is COC(=O)CSC(C)C(=O)Nc1nc2ccc(N)cc2s1. The second-order valence-corrected chi connectivity index (χ2v) is 6.62. The van der Waals surface area contributed by atoms with Gasteiger partial charge in [-0.25, -0.2) is 4.98 Å². The first-order chi connectivity index (χ1) is 9.99. The maximum absolute atomic E-state index is 12.0. The molecular weight excluding hydrogens is 310 g/mol. The molecule has 21 heavy (non-hydrogen) atoms.